The highest BCUT2D eigenvalue weighted by molar-refractivity contribution is 7.71. The molecule has 2 aromatic rings. The maximum Gasteiger partial charge on any atom is 0.195 e. The minimum Gasteiger partial charge on any atom is -0.300 e. The van der Waals surface area contributed by atoms with Gasteiger partial charge in [-0.05, 0) is 30.3 Å². The molecule has 0 atom stereocenters. The predicted molar refractivity (Wildman–Crippen MR) is 72.7 cm³/mol. The van der Waals surface area contributed by atoms with E-state index in [9.17, 15) is 4.39 Å². The second-order valence-electron chi connectivity index (χ2n) is 4.46. The van der Waals surface area contributed by atoms with Gasteiger partial charge in [0.15, 0.2) is 16.4 Å². The fourth-order valence-electron chi connectivity index (χ4n) is 1.73. The summed E-state index contributed by atoms with van der Waals surface area (Å²) in [5, 5.41) is 6.86. The molecule has 1 heterocycles. The predicted octanol–water partition coefficient (Wildman–Crippen LogP) is 4.06. The van der Waals surface area contributed by atoms with Gasteiger partial charge in [0.1, 0.15) is 0 Å². The van der Waals surface area contributed by atoms with Crippen molar-refractivity contribution in [3.8, 4) is 11.4 Å². The number of H-pyrrole nitrogens is 1. The molecule has 18 heavy (non-hydrogen) atoms. The molecule has 2 rings (SSSR count). The number of aromatic amines is 1. The summed E-state index contributed by atoms with van der Waals surface area (Å²) in [6, 6.07) is 4.84. The molecule has 0 aliphatic carbocycles. The second kappa shape index (κ2) is 5.20. The Balaban J connectivity index is 2.58. The first kappa shape index (κ1) is 13.2. The summed E-state index contributed by atoms with van der Waals surface area (Å²) in [6.07, 6.45) is 0. The number of halogens is 2. The molecule has 3 nitrogen and oxygen atoms in total. The monoisotopic (exact) mass is 285 g/mol. The molecule has 0 aliphatic heterocycles. The van der Waals surface area contributed by atoms with E-state index in [2.05, 4.69) is 24.0 Å². The maximum atomic E-state index is 14.0. The first-order valence-corrected chi connectivity index (χ1v) is 6.39. The standard InChI is InChI=1S/C12H13ClFN3S/c1-7(2)6-17-11(15-16-12(17)18)8-4-3-5-9(13)10(8)14/h3-5,7H,6H2,1-2H3,(H,16,18). The molecule has 96 valence electrons. The smallest absolute Gasteiger partial charge is 0.195 e. The van der Waals surface area contributed by atoms with E-state index in [0.29, 0.717) is 28.6 Å². The number of nitrogens with zero attached hydrogens (tertiary/aromatic N) is 2. The van der Waals surface area contributed by atoms with Crippen molar-refractivity contribution in [2.75, 3.05) is 0 Å². The van der Waals surface area contributed by atoms with E-state index in [0.717, 1.165) is 0 Å². The van der Waals surface area contributed by atoms with Crippen molar-refractivity contribution in [1.82, 2.24) is 14.8 Å². The van der Waals surface area contributed by atoms with Crippen LogP contribution in [0.2, 0.25) is 5.02 Å². The normalized spacial score (nSPS) is 11.2. The largest absolute Gasteiger partial charge is 0.300 e. The SMILES string of the molecule is CC(C)Cn1c(-c2cccc(Cl)c2F)n[nH]c1=S. The second-order valence-corrected chi connectivity index (χ2v) is 5.25. The lowest BCUT2D eigenvalue weighted by atomic mass is 10.2. The zero-order valence-electron chi connectivity index (χ0n) is 10.1. The van der Waals surface area contributed by atoms with Crippen LogP contribution in [0.5, 0.6) is 0 Å². The van der Waals surface area contributed by atoms with Gasteiger partial charge in [-0.25, -0.2) is 4.39 Å². The van der Waals surface area contributed by atoms with Crippen LogP contribution < -0.4 is 0 Å². The van der Waals surface area contributed by atoms with Gasteiger partial charge in [-0.1, -0.05) is 31.5 Å². The van der Waals surface area contributed by atoms with Crippen LogP contribution in [0.3, 0.4) is 0 Å². The Morgan fingerprint density at radius 3 is 2.89 bits per heavy atom. The third-order valence-electron chi connectivity index (χ3n) is 2.50. The summed E-state index contributed by atoms with van der Waals surface area (Å²) in [7, 11) is 0. The lowest BCUT2D eigenvalue weighted by Crippen LogP contribution is -2.07. The van der Waals surface area contributed by atoms with Crippen LogP contribution in [-0.4, -0.2) is 14.8 Å². The summed E-state index contributed by atoms with van der Waals surface area (Å²) in [4.78, 5) is 0. The zero-order chi connectivity index (χ0) is 13.3. The number of hydrogen-bond donors (Lipinski definition) is 1. The molecule has 0 unspecified atom stereocenters. The number of rotatable bonds is 3. The van der Waals surface area contributed by atoms with Crippen LogP contribution in [0.25, 0.3) is 11.4 Å². The Labute approximate surface area is 115 Å². The van der Waals surface area contributed by atoms with E-state index in [1.807, 2.05) is 0 Å². The van der Waals surface area contributed by atoms with Crippen LogP contribution in [0.1, 0.15) is 13.8 Å². The average molecular weight is 286 g/mol. The van der Waals surface area contributed by atoms with Crippen molar-refractivity contribution in [3.63, 3.8) is 0 Å². The van der Waals surface area contributed by atoms with Gasteiger partial charge < -0.3 is 0 Å². The highest BCUT2D eigenvalue weighted by Crippen LogP contribution is 2.26. The van der Waals surface area contributed by atoms with E-state index in [1.165, 1.54) is 6.07 Å². The molecule has 1 aromatic carbocycles. The summed E-state index contributed by atoms with van der Waals surface area (Å²) >= 11 is 10.9. The Kier molecular flexibility index (Phi) is 3.82. The zero-order valence-corrected chi connectivity index (χ0v) is 11.6. The quantitative estimate of drug-likeness (QED) is 0.863. The Morgan fingerprint density at radius 2 is 2.22 bits per heavy atom. The van der Waals surface area contributed by atoms with Crippen molar-refractivity contribution < 1.29 is 4.39 Å². The van der Waals surface area contributed by atoms with Gasteiger partial charge in [0.2, 0.25) is 0 Å². The number of benzene rings is 1. The van der Waals surface area contributed by atoms with Gasteiger partial charge in [0.05, 0.1) is 10.6 Å². The summed E-state index contributed by atoms with van der Waals surface area (Å²) in [5.41, 5.74) is 0.357. The summed E-state index contributed by atoms with van der Waals surface area (Å²) < 4.78 is 16.3. The molecule has 0 fully saturated rings. The topological polar surface area (TPSA) is 33.6 Å². The molecule has 6 heteroatoms. The van der Waals surface area contributed by atoms with Gasteiger partial charge in [-0.2, -0.15) is 5.10 Å². The number of aromatic nitrogens is 3. The molecule has 1 aromatic heterocycles. The van der Waals surface area contributed by atoms with Crippen molar-refractivity contribution in [2.45, 2.75) is 20.4 Å². The van der Waals surface area contributed by atoms with Gasteiger partial charge in [-0.15, -0.1) is 0 Å². The molecule has 0 bridgehead atoms. The molecule has 0 amide bonds. The van der Waals surface area contributed by atoms with Crippen LogP contribution in [0, 0.1) is 16.5 Å². The minimum atomic E-state index is -0.474. The Hall–Kier alpha value is -1.20. The maximum absolute atomic E-state index is 14.0. The molecular formula is C12H13ClFN3S. The molecule has 0 saturated heterocycles. The lowest BCUT2D eigenvalue weighted by molar-refractivity contribution is 0.520. The van der Waals surface area contributed by atoms with Gasteiger partial charge in [-0.3, -0.25) is 9.67 Å². The van der Waals surface area contributed by atoms with E-state index >= 15 is 0 Å². The highest BCUT2D eigenvalue weighted by atomic mass is 35.5. The number of hydrogen-bond acceptors (Lipinski definition) is 2. The Morgan fingerprint density at radius 1 is 1.50 bits per heavy atom. The van der Waals surface area contributed by atoms with Crippen molar-refractivity contribution in [3.05, 3.63) is 33.8 Å². The first-order chi connectivity index (χ1) is 8.50. The third kappa shape index (κ3) is 2.47. The lowest BCUT2D eigenvalue weighted by Gasteiger charge is -2.10. The highest BCUT2D eigenvalue weighted by Gasteiger charge is 2.15. The van der Waals surface area contributed by atoms with Gasteiger partial charge in [0, 0.05) is 6.54 Å². The molecule has 0 radical (unpaired) electrons. The van der Waals surface area contributed by atoms with Crippen molar-refractivity contribution >= 4 is 23.8 Å². The van der Waals surface area contributed by atoms with Crippen molar-refractivity contribution in [2.24, 2.45) is 5.92 Å². The van der Waals surface area contributed by atoms with E-state index in [-0.39, 0.29) is 5.02 Å². The van der Waals surface area contributed by atoms with Crippen LogP contribution in [-0.2, 0) is 6.54 Å². The number of nitrogens with one attached hydrogen (secondary N) is 1. The van der Waals surface area contributed by atoms with Gasteiger partial charge >= 0.3 is 0 Å². The molecule has 0 aliphatic rings. The minimum absolute atomic E-state index is 0.0810. The van der Waals surface area contributed by atoms with Crippen LogP contribution in [0.4, 0.5) is 4.39 Å². The van der Waals surface area contributed by atoms with Crippen LogP contribution in [0.15, 0.2) is 18.2 Å². The van der Waals surface area contributed by atoms with Gasteiger partial charge in [0.25, 0.3) is 0 Å². The molecule has 0 saturated carbocycles. The van der Waals surface area contributed by atoms with Crippen molar-refractivity contribution in [1.29, 1.82) is 0 Å². The summed E-state index contributed by atoms with van der Waals surface area (Å²) in [6.45, 7) is 4.80. The van der Waals surface area contributed by atoms with Crippen LogP contribution >= 0.6 is 23.8 Å². The van der Waals surface area contributed by atoms with E-state index in [1.54, 1.807) is 16.7 Å². The Bertz CT molecular complexity index is 618. The molecule has 1 N–H and O–H groups in total. The molecule has 0 spiro atoms. The average Bonchev–Trinajstić information content (AvgIpc) is 2.64. The third-order valence-corrected chi connectivity index (χ3v) is 3.10. The van der Waals surface area contributed by atoms with E-state index < -0.39 is 5.82 Å². The van der Waals surface area contributed by atoms with E-state index in [4.69, 9.17) is 23.8 Å². The summed E-state index contributed by atoms with van der Waals surface area (Å²) in [5.74, 6) is 0.391. The fraction of sp³-hybridized carbons (Fsp3) is 0.333. The molecular weight excluding hydrogens is 273 g/mol. The first-order valence-electron chi connectivity index (χ1n) is 5.60. The fourth-order valence-corrected chi connectivity index (χ4v) is 2.12.